The maximum absolute atomic E-state index is 12.2. The average Bonchev–Trinajstić information content (AvgIpc) is 2.83. The van der Waals surface area contributed by atoms with Gasteiger partial charge in [-0.05, 0) is 57.4 Å². The number of benzene rings is 1. The van der Waals surface area contributed by atoms with Crippen molar-refractivity contribution < 1.29 is 19.4 Å². The standard InChI is InChI=1S/C18H21BrN2O4/c1-18(2,3)25-17(24)21-14-7-9(16(22)23)6-12-11-8-10(19)4-5-13(11)20-15(12)14/h4-5,8-9,14,20H,6-7H2,1-3H3,(H,21,24)(H,22,23). The molecule has 0 saturated heterocycles. The van der Waals surface area contributed by atoms with Crippen molar-refractivity contribution in [3.05, 3.63) is 33.9 Å². The maximum atomic E-state index is 12.2. The van der Waals surface area contributed by atoms with Crippen LogP contribution in [0.3, 0.4) is 0 Å². The first-order valence-corrected chi connectivity index (χ1v) is 8.95. The molecule has 0 aliphatic heterocycles. The van der Waals surface area contributed by atoms with Crippen LogP contribution in [0.1, 0.15) is 44.5 Å². The molecule has 25 heavy (non-hydrogen) atoms. The van der Waals surface area contributed by atoms with E-state index in [0.29, 0.717) is 12.8 Å². The van der Waals surface area contributed by atoms with Crippen molar-refractivity contribution >= 4 is 38.9 Å². The summed E-state index contributed by atoms with van der Waals surface area (Å²) in [6.07, 6.45) is 0.220. The van der Waals surface area contributed by atoms with Crippen LogP contribution in [0.25, 0.3) is 10.9 Å². The topological polar surface area (TPSA) is 91.4 Å². The third kappa shape index (κ3) is 3.81. The number of amides is 1. The number of ether oxygens (including phenoxy) is 1. The fourth-order valence-electron chi connectivity index (χ4n) is 3.26. The number of carbonyl (C=O) groups excluding carboxylic acids is 1. The molecule has 0 saturated carbocycles. The van der Waals surface area contributed by atoms with Crippen molar-refractivity contribution in [2.75, 3.05) is 0 Å². The lowest BCUT2D eigenvalue weighted by Crippen LogP contribution is -2.38. The normalized spacial score (nSPS) is 20.2. The van der Waals surface area contributed by atoms with Crippen LogP contribution in [0.15, 0.2) is 22.7 Å². The van der Waals surface area contributed by atoms with Gasteiger partial charge < -0.3 is 20.1 Å². The van der Waals surface area contributed by atoms with Crippen LogP contribution in [-0.4, -0.2) is 27.8 Å². The van der Waals surface area contributed by atoms with Crippen LogP contribution in [0, 0.1) is 5.92 Å². The molecular formula is C18H21BrN2O4. The summed E-state index contributed by atoms with van der Waals surface area (Å²) >= 11 is 3.46. The minimum atomic E-state index is -0.856. The van der Waals surface area contributed by atoms with E-state index in [2.05, 4.69) is 26.2 Å². The van der Waals surface area contributed by atoms with Crippen LogP contribution in [-0.2, 0) is 16.0 Å². The second-order valence-electron chi connectivity index (χ2n) is 7.38. The first-order chi connectivity index (χ1) is 11.6. The monoisotopic (exact) mass is 408 g/mol. The molecule has 0 radical (unpaired) electrons. The Morgan fingerprint density at radius 1 is 1.36 bits per heavy atom. The van der Waals surface area contributed by atoms with E-state index in [4.69, 9.17) is 4.74 Å². The van der Waals surface area contributed by atoms with E-state index in [0.717, 1.165) is 26.6 Å². The van der Waals surface area contributed by atoms with Crippen LogP contribution < -0.4 is 5.32 Å². The number of hydrogen-bond donors (Lipinski definition) is 3. The first-order valence-electron chi connectivity index (χ1n) is 8.16. The number of aromatic amines is 1. The van der Waals surface area contributed by atoms with Gasteiger partial charge in [-0.2, -0.15) is 0 Å². The first kappa shape index (κ1) is 17.8. The largest absolute Gasteiger partial charge is 0.481 e. The molecule has 0 spiro atoms. The molecule has 1 aromatic heterocycles. The number of hydrogen-bond acceptors (Lipinski definition) is 3. The van der Waals surface area contributed by atoms with Gasteiger partial charge in [0.25, 0.3) is 0 Å². The molecule has 0 bridgehead atoms. The van der Waals surface area contributed by atoms with Gasteiger partial charge >= 0.3 is 12.1 Å². The Morgan fingerprint density at radius 3 is 2.72 bits per heavy atom. The van der Waals surface area contributed by atoms with Crippen molar-refractivity contribution in [2.24, 2.45) is 5.92 Å². The van der Waals surface area contributed by atoms with Gasteiger partial charge in [0.1, 0.15) is 5.60 Å². The Bertz CT molecular complexity index is 837. The molecule has 1 heterocycles. The predicted octanol–water partition coefficient (Wildman–Crippen LogP) is 4.14. The fourth-order valence-corrected chi connectivity index (χ4v) is 3.62. The maximum Gasteiger partial charge on any atom is 0.408 e. The van der Waals surface area contributed by atoms with E-state index < -0.39 is 29.6 Å². The highest BCUT2D eigenvalue weighted by Crippen LogP contribution is 2.38. The quantitative estimate of drug-likeness (QED) is 0.695. The number of alkyl carbamates (subject to hydrolysis) is 1. The van der Waals surface area contributed by atoms with Gasteiger partial charge in [-0.1, -0.05) is 15.9 Å². The molecule has 6 nitrogen and oxygen atoms in total. The number of aromatic nitrogens is 1. The Balaban J connectivity index is 1.98. The van der Waals surface area contributed by atoms with Crippen LogP contribution in [0.4, 0.5) is 4.79 Å². The minimum absolute atomic E-state index is 0.329. The second kappa shape index (κ2) is 6.37. The van der Waals surface area contributed by atoms with Gasteiger partial charge in [0.05, 0.1) is 12.0 Å². The summed E-state index contributed by atoms with van der Waals surface area (Å²) < 4.78 is 6.25. The Hall–Kier alpha value is -2.02. The summed E-state index contributed by atoms with van der Waals surface area (Å²) in [5.41, 5.74) is 2.11. The Morgan fingerprint density at radius 2 is 2.08 bits per heavy atom. The highest BCUT2D eigenvalue weighted by molar-refractivity contribution is 9.10. The van der Waals surface area contributed by atoms with Crippen molar-refractivity contribution in [2.45, 2.75) is 45.3 Å². The molecule has 2 unspecified atom stereocenters. The fraction of sp³-hybridized carbons (Fsp3) is 0.444. The molecule has 0 fully saturated rings. The number of carboxylic acid groups (broad SMARTS) is 1. The summed E-state index contributed by atoms with van der Waals surface area (Å²) in [7, 11) is 0. The third-order valence-corrected chi connectivity index (χ3v) is 4.75. The SMILES string of the molecule is CC(C)(C)OC(=O)NC1CC(C(=O)O)Cc2c1[nH]c1ccc(Br)cc21. The molecule has 3 rings (SSSR count). The summed E-state index contributed by atoms with van der Waals surface area (Å²) in [5, 5.41) is 13.3. The Labute approximate surface area is 154 Å². The van der Waals surface area contributed by atoms with E-state index in [-0.39, 0.29) is 0 Å². The van der Waals surface area contributed by atoms with Crippen LogP contribution >= 0.6 is 15.9 Å². The lowest BCUT2D eigenvalue weighted by atomic mass is 9.83. The molecule has 7 heteroatoms. The average molecular weight is 409 g/mol. The molecule has 3 N–H and O–H groups in total. The molecule has 1 aliphatic carbocycles. The second-order valence-corrected chi connectivity index (χ2v) is 8.30. The number of nitrogens with one attached hydrogen (secondary N) is 2. The number of carboxylic acids is 1. The van der Waals surface area contributed by atoms with Crippen molar-refractivity contribution in [1.82, 2.24) is 10.3 Å². The number of carbonyl (C=O) groups is 2. The summed E-state index contributed by atoms with van der Waals surface area (Å²) in [6, 6.07) is 5.41. The van der Waals surface area contributed by atoms with E-state index >= 15 is 0 Å². The molecule has 1 aromatic carbocycles. The third-order valence-electron chi connectivity index (χ3n) is 4.26. The lowest BCUT2D eigenvalue weighted by Gasteiger charge is -2.29. The van der Waals surface area contributed by atoms with E-state index in [1.54, 1.807) is 20.8 Å². The zero-order valence-electron chi connectivity index (χ0n) is 14.4. The van der Waals surface area contributed by atoms with E-state index in [1.165, 1.54) is 0 Å². The van der Waals surface area contributed by atoms with Crippen molar-refractivity contribution in [3.8, 4) is 0 Å². The summed E-state index contributed by atoms with van der Waals surface area (Å²) in [5.74, 6) is -1.41. The van der Waals surface area contributed by atoms with Gasteiger partial charge in [0.2, 0.25) is 0 Å². The summed E-state index contributed by atoms with van der Waals surface area (Å²) in [6.45, 7) is 5.37. The molecule has 134 valence electrons. The lowest BCUT2D eigenvalue weighted by molar-refractivity contribution is -0.142. The zero-order chi connectivity index (χ0) is 18.4. The van der Waals surface area contributed by atoms with Crippen molar-refractivity contribution in [3.63, 3.8) is 0 Å². The molecule has 2 atom stereocenters. The number of fused-ring (bicyclic) bond motifs is 3. The molecule has 2 aromatic rings. The summed E-state index contributed by atoms with van der Waals surface area (Å²) in [4.78, 5) is 27.1. The van der Waals surface area contributed by atoms with Gasteiger partial charge in [-0.3, -0.25) is 4.79 Å². The molecule has 1 aliphatic rings. The van der Waals surface area contributed by atoms with E-state index in [1.807, 2.05) is 18.2 Å². The number of rotatable bonds is 2. The van der Waals surface area contributed by atoms with Crippen LogP contribution in [0.5, 0.6) is 0 Å². The number of H-pyrrole nitrogens is 1. The van der Waals surface area contributed by atoms with Gasteiger partial charge in [-0.15, -0.1) is 0 Å². The highest BCUT2D eigenvalue weighted by Gasteiger charge is 2.35. The number of halogens is 1. The van der Waals surface area contributed by atoms with Crippen molar-refractivity contribution in [1.29, 1.82) is 0 Å². The van der Waals surface area contributed by atoms with Gasteiger partial charge in [0, 0.05) is 21.1 Å². The smallest absolute Gasteiger partial charge is 0.408 e. The van der Waals surface area contributed by atoms with E-state index in [9.17, 15) is 14.7 Å². The minimum Gasteiger partial charge on any atom is -0.481 e. The van der Waals surface area contributed by atoms with Gasteiger partial charge in [-0.25, -0.2) is 4.79 Å². The zero-order valence-corrected chi connectivity index (χ0v) is 15.9. The highest BCUT2D eigenvalue weighted by atomic mass is 79.9. The number of aliphatic carboxylic acids is 1. The predicted molar refractivity (Wildman–Crippen MR) is 97.6 cm³/mol. The Kier molecular flexibility index (Phi) is 4.53. The van der Waals surface area contributed by atoms with Gasteiger partial charge in [0.15, 0.2) is 0 Å². The molecule has 1 amide bonds. The van der Waals surface area contributed by atoms with Crippen LogP contribution in [0.2, 0.25) is 0 Å². The molecular weight excluding hydrogens is 388 g/mol.